The van der Waals surface area contributed by atoms with E-state index < -0.39 is 6.10 Å². The molecule has 4 heteroatoms. The highest BCUT2D eigenvalue weighted by Crippen LogP contribution is 2.13. The largest absolute Gasteiger partial charge is 0.387 e. The Bertz CT molecular complexity index is 394. The Morgan fingerprint density at radius 3 is 2.83 bits per heavy atom. The molecule has 1 heterocycles. The van der Waals surface area contributed by atoms with Crippen molar-refractivity contribution >= 4 is 5.91 Å². The average Bonchev–Trinajstić information content (AvgIpc) is 2.41. The number of aliphatic hydroxyl groups is 1. The molecule has 2 unspecified atom stereocenters. The normalized spacial score (nSPS) is 22.0. The molecule has 2 N–H and O–H groups in total. The number of likely N-dealkylation sites (tertiary alicyclic amines) is 1. The quantitative estimate of drug-likeness (QED) is 0.833. The molecule has 4 nitrogen and oxygen atoms in total. The topological polar surface area (TPSA) is 52.6 Å². The van der Waals surface area contributed by atoms with Crippen molar-refractivity contribution < 1.29 is 9.90 Å². The number of nitrogens with one attached hydrogen (secondary N) is 1. The maximum Gasteiger partial charge on any atom is 0.222 e. The number of hydrogen-bond donors (Lipinski definition) is 2. The minimum absolute atomic E-state index is 0.205. The molecule has 0 saturated carbocycles. The van der Waals surface area contributed by atoms with Gasteiger partial charge in [0.1, 0.15) is 0 Å². The summed E-state index contributed by atoms with van der Waals surface area (Å²) in [5.41, 5.74) is 0.922. The first-order valence-corrected chi connectivity index (χ1v) is 6.37. The van der Waals surface area contributed by atoms with Gasteiger partial charge in [0.05, 0.1) is 6.10 Å². The number of benzene rings is 1. The van der Waals surface area contributed by atoms with Gasteiger partial charge < -0.3 is 15.3 Å². The lowest BCUT2D eigenvalue weighted by Crippen LogP contribution is -2.47. The lowest BCUT2D eigenvalue weighted by Gasteiger charge is -2.30. The number of rotatable bonds is 4. The fourth-order valence-corrected chi connectivity index (χ4v) is 2.25. The fourth-order valence-electron chi connectivity index (χ4n) is 2.25. The molecule has 0 bridgehead atoms. The molecule has 1 aliphatic heterocycles. The zero-order valence-corrected chi connectivity index (χ0v) is 10.7. The van der Waals surface area contributed by atoms with Gasteiger partial charge in [-0.1, -0.05) is 30.3 Å². The summed E-state index contributed by atoms with van der Waals surface area (Å²) >= 11 is 0. The van der Waals surface area contributed by atoms with Gasteiger partial charge in [0, 0.05) is 32.6 Å². The predicted octanol–water partition coefficient (Wildman–Crippen LogP) is 0.930. The molecule has 1 fully saturated rings. The fraction of sp³-hybridized carbons (Fsp3) is 0.500. The highest BCUT2D eigenvalue weighted by atomic mass is 16.3. The highest BCUT2D eigenvalue weighted by Gasteiger charge is 2.22. The van der Waals surface area contributed by atoms with E-state index >= 15 is 0 Å². The summed E-state index contributed by atoms with van der Waals surface area (Å²) in [5.74, 6) is 0.205. The molecule has 18 heavy (non-hydrogen) atoms. The lowest BCUT2D eigenvalue weighted by molar-refractivity contribution is -0.132. The Morgan fingerprint density at radius 2 is 2.17 bits per heavy atom. The van der Waals surface area contributed by atoms with E-state index in [2.05, 4.69) is 5.32 Å². The van der Waals surface area contributed by atoms with Gasteiger partial charge in [0.25, 0.3) is 0 Å². The van der Waals surface area contributed by atoms with Gasteiger partial charge in [-0.15, -0.1) is 0 Å². The second-order valence-electron chi connectivity index (χ2n) is 4.84. The molecule has 1 amide bonds. The summed E-state index contributed by atoms with van der Waals surface area (Å²) in [4.78, 5) is 13.1. The van der Waals surface area contributed by atoms with Crippen molar-refractivity contribution in [1.29, 1.82) is 0 Å². The van der Waals surface area contributed by atoms with Crippen molar-refractivity contribution in [3.63, 3.8) is 0 Å². The molecule has 1 saturated heterocycles. The van der Waals surface area contributed by atoms with Crippen molar-refractivity contribution in [2.24, 2.45) is 0 Å². The zero-order valence-electron chi connectivity index (χ0n) is 10.7. The summed E-state index contributed by atoms with van der Waals surface area (Å²) in [6.07, 6.45) is 0.953. The predicted molar refractivity (Wildman–Crippen MR) is 70.1 cm³/mol. The minimum atomic E-state index is -0.492. The van der Waals surface area contributed by atoms with Crippen LogP contribution in [0, 0.1) is 0 Å². The zero-order chi connectivity index (χ0) is 13.0. The molecule has 1 aromatic carbocycles. The number of hydrogen-bond acceptors (Lipinski definition) is 3. The van der Waals surface area contributed by atoms with Gasteiger partial charge in [0.2, 0.25) is 5.91 Å². The number of amides is 1. The molecule has 2 atom stereocenters. The first-order valence-electron chi connectivity index (χ1n) is 6.37. The molecule has 1 aromatic rings. The SMILES string of the molecule is CN1CC(NCC(O)c2ccccc2)CCC1=O. The Balaban J connectivity index is 1.80. The van der Waals surface area contributed by atoms with Crippen LogP contribution in [0.25, 0.3) is 0 Å². The van der Waals surface area contributed by atoms with E-state index in [-0.39, 0.29) is 11.9 Å². The first-order chi connectivity index (χ1) is 8.66. The number of nitrogens with zero attached hydrogens (tertiary/aromatic N) is 1. The van der Waals surface area contributed by atoms with Crippen LogP contribution in [0.1, 0.15) is 24.5 Å². The van der Waals surface area contributed by atoms with E-state index in [1.807, 2.05) is 37.4 Å². The number of aliphatic hydroxyl groups excluding tert-OH is 1. The minimum Gasteiger partial charge on any atom is -0.387 e. The van der Waals surface area contributed by atoms with Gasteiger partial charge in [-0.3, -0.25) is 4.79 Å². The first kappa shape index (κ1) is 13.1. The third kappa shape index (κ3) is 3.31. The summed E-state index contributed by atoms with van der Waals surface area (Å²) in [6, 6.07) is 9.90. The average molecular weight is 248 g/mol. The molecule has 0 spiro atoms. The summed E-state index contributed by atoms with van der Waals surface area (Å²) in [7, 11) is 1.82. The van der Waals surface area contributed by atoms with Crippen LogP contribution >= 0.6 is 0 Å². The van der Waals surface area contributed by atoms with Gasteiger partial charge in [-0.2, -0.15) is 0 Å². The number of carbonyl (C=O) groups is 1. The van der Waals surface area contributed by atoms with Crippen molar-refractivity contribution in [3.05, 3.63) is 35.9 Å². The second kappa shape index (κ2) is 5.98. The highest BCUT2D eigenvalue weighted by molar-refractivity contribution is 5.76. The van der Waals surface area contributed by atoms with Gasteiger partial charge in [-0.05, 0) is 12.0 Å². The molecule has 2 rings (SSSR count). The monoisotopic (exact) mass is 248 g/mol. The lowest BCUT2D eigenvalue weighted by atomic mass is 10.0. The molecular weight excluding hydrogens is 228 g/mol. The van der Waals surface area contributed by atoms with Gasteiger partial charge in [-0.25, -0.2) is 0 Å². The third-order valence-corrected chi connectivity index (χ3v) is 3.41. The number of likely N-dealkylation sites (N-methyl/N-ethyl adjacent to an activating group) is 1. The molecule has 0 aliphatic carbocycles. The Morgan fingerprint density at radius 1 is 1.44 bits per heavy atom. The number of carbonyl (C=O) groups excluding carboxylic acids is 1. The van der Waals surface area contributed by atoms with Crippen LogP contribution in [0.2, 0.25) is 0 Å². The number of piperidine rings is 1. The van der Waals surface area contributed by atoms with E-state index in [0.717, 1.165) is 18.5 Å². The van der Waals surface area contributed by atoms with Crippen LogP contribution < -0.4 is 5.32 Å². The molecule has 0 radical (unpaired) electrons. The maximum atomic E-state index is 11.3. The van der Waals surface area contributed by atoms with E-state index in [1.54, 1.807) is 4.90 Å². The summed E-state index contributed by atoms with van der Waals surface area (Å²) in [5, 5.41) is 13.4. The molecular formula is C14H20N2O2. The Hall–Kier alpha value is -1.39. The van der Waals surface area contributed by atoms with Gasteiger partial charge >= 0.3 is 0 Å². The molecule has 98 valence electrons. The third-order valence-electron chi connectivity index (χ3n) is 3.41. The van der Waals surface area contributed by atoms with Crippen molar-refractivity contribution in [2.45, 2.75) is 25.0 Å². The van der Waals surface area contributed by atoms with Crippen molar-refractivity contribution in [2.75, 3.05) is 20.1 Å². The molecule has 1 aliphatic rings. The van der Waals surface area contributed by atoms with Crippen LogP contribution in [-0.4, -0.2) is 42.1 Å². The smallest absolute Gasteiger partial charge is 0.222 e. The Kier molecular flexibility index (Phi) is 4.33. The van der Waals surface area contributed by atoms with E-state index in [4.69, 9.17) is 0 Å². The Labute approximate surface area is 108 Å². The van der Waals surface area contributed by atoms with Crippen LogP contribution in [0.3, 0.4) is 0 Å². The molecule has 0 aromatic heterocycles. The summed E-state index contributed by atoms with van der Waals surface area (Å²) in [6.45, 7) is 1.25. The van der Waals surface area contributed by atoms with Crippen LogP contribution in [-0.2, 0) is 4.79 Å². The van der Waals surface area contributed by atoms with Crippen molar-refractivity contribution in [3.8, 4) is 0 Å². The standard InChI is InChI=1S/C14H20N2O2/c1-16-10-12(7-8-14(16)18)15-9-13(17)11-5-3-2-4-6-11/h2-6,12-13,15,17H,7-10H2,1H3. The van der Waals surface area contributed by atoms with Gasteiger partial charge in [0.15, 0.2) is 0 Å². The summed E-state index contributed by atoms with van der Waals surface area (Å²) < 4.78 is 0. The van der Waals surface area contributed by atoms with E-state index in [0.29, 0.717) is 13.0 Å². The van der Waals surface area contributed by atoms with Crippen molar-refractivity contribution in [1.82, 2.24) is 10.2 Å². The van der Waals surface area contributed by atoms with Crippen LogP contribution in [0.15, 0.2) is 30.3 Å². The second-order valence-corrected chi connectivity index (χ2v) is 4.84. The van der Waals surface area contributed by atoms with E-state index in [1.165, 1.54) is 0 Å². The maximum absolute atomic E-state index is 11.3. The van der Waals surface area contributed by atoms with Crippen LogP contribution in [0.4, 0.5) is 0 Å². The van der Waals surface area contributed by atoms with E-state index in [9.17, 15) is 9.90 Å². The van der Waals surface area contributed by atoms with Crippen LogP contribution in [0.5, 0.6) is 0 Å².